The maximum atomic E-state index is 13.0. The minimum Gasteiger partial charge on any atom is -0.494 e. The highest BCUT2D eigenvalue weighted by Crippen LogP contribution is 2.27. The number of aryl methyl sites for hydroxylation is 3. The first kappa shape index (κ1) is 24.7. The maximum absolute atomic E-state index is 13.0. The number of nitrogens with one attached hydrogen (secondary N) is 1. The molecule has 2 aromatic carbocycles. The van der Waals surface area contributed by atoms with Gasteiger partial charge in [-0.25, -0.2) is 8.42 Å². The van der Waals surface area contributed by atoms with Gasteiger partial charge >= 0.3 is 0 Å². The minimum atomic E-state index is -3.64. The summed E-state index contributed by atoms with van der Waals surface area (Å²) < 4.78 is 32.2. The van der Waals surface area contributed by atoms with Gasteiger partial charge in [0.05, 0.1) is 18.6 Å². The number of hydrogen-bond acceptors (Lipinski definition) is 4. The van der Waals surface area contributed by atoms with Crippen molar-refractivity contribution < 1.29 is 17.9 Å². The second-order valence-corrected chi connectivity index (χ2v) is 9.57. The second kappa shape index (κ2) is 11.2. The van der Waals surface area contributed by atoms with Crippen LogP contribution in [0.3, 0.4) is 0 Å². The lowest BCUT2D eigenvalue weighted by Gasteiger charge is -2.31. The van der Waals surface area contributed by atoms with E-state index < -0.39 is 16.1 Å². The van der Waals surface area contributed by atoms with E-state index in [4.69, 9.17) is 4.74 Å². The zero-order valence-corrected chi connectivity index (χ0v) is 20.0. The molecule has 0 aliphatic heterocycles. The van der Waals surface area contributed by atoms with Crippen molar-refractivity contribution in [2.45, 2.75) is 53.0 Å². The number of carbonyl (C=O) groups is 1. The minimum absolute atomic E-state index is 0.285. The van der Waals surface area contributed by atoms with Gasteiger partial charge in [-0.3, -0.25) is 9.10 Å². The predicted molar refractivity (Wildman–Crippen MR) is 126 cm³/mol. The molecule has 7 heteroatoms. The van der Waals surface area contributed by atoms with Gasteiger partial charge in [0.1, 0.15) is 11.8 Å². The van der Waals surface area contributed by atoms with Crippen LogP contribution in [0.4, 0.5) is 5.69 Å². The van der Waals surface area contributed by atoms with Crippen LogP contribution in [-0.4, -0.2) is 39.8 Å². The van der Waals surface area contributed by atoms with E-state index in [1.54, 1.807) is 0 Å². The molecule has 0 aliphatic carbocycles. The van der Waals surface area contributed by atoms with Crippen LogP contribution in [0.15, 0.2) is 42.5 Å². The molecule has 0 spiro atoms. The fourth-order valence-electron chi connectivity index (χ4n) is 3.61. The summed E-state index contributed by atoms with van der Waals surface area (Å²) in [6.07, 6.45) is 3.02. The third-order valence-electron chi connectivity index (χ3n) is 5.13. The molecule has 0 saturated heterocycles. The molecule has 0 bridgehead atoms. The monoisotopic (exact) mass is 446 g/mol. The molecule has 0 fully saturated rings. The summed E-state index contributed by atoms with van der Waals surface area (Å²) in [7, 11) is -3.64. The standard InChI is InChI=1S/C24H34N2O4S/c1-6-21(26(31(5,28)29)22-17-18(3)14-15-19(22)4)24(27)25-16-10-12-20-11-8-9-13-23(20)30-7-2/h8-9,11,13-15,17,21H,6-7,10,12,16H2,1-5H3,(H,25,27)/t21-/m0/s1. The molecule has 2 rings (SSSR count). The quantitative estimate of drug-likeness (QED) is 0.530. The number of hydrogen-bond donors (Lipinski definition) is 1. The number of carbonyl (C=O) groups excluding carboxylic acids is 1. The van der Waals surface area contributed by atoms with Crippen molar-refractivity contribution >= 4 is 21.6 Å². The number of benzene rings is 2. The number of amides is 1. The average Bonchev–Trinajstić information content (AvgIpc) is 2.71. The molecule has 0 aliphatic rings. The van der Waals surface area contributed by atoms with Gasteiger partial charge < -0.3 is 10.1 Å². The van der Waals surface area contributed by atoms with Crippen molar-refractivity contribution in [2.24, 2.45) is 0 Å². The van der Waals surface area contributed by atoms with Crippen LogP contribution in [-0.2, 0) is 21.2 Å². The molecule has 170 valence electrons. The van der Waals surface area contributed by atoms with Crippen molar-refractivity contribution in [3.63, 3.8) is 0 Å². The summed E-state index contributed by atoms with van der Waals surface area (Å²) in [5.41, 5.74) is 3.40. The van der Waals surface area contributed by atoms with E-state index >= 15 is 0 Å². The van der Waals surface area contributed by atoms with E-state index in [9.17, 15) is 13.2 Å². The summed E-state index contributed by atoms with van der Waals surface area (Å²) in [5.74, 6) is 0.577. The molecule has 1 amide bonds. The SMILES string of the molecule is CCOc1ccccc1CCCNC(=O)[C@H](CC)N(c1cc(C)ccc1C)S(C)(=O)=O. The molecule has 0 saturated carbocycles. The van der Waals surface area contributed by atoms with Crippen LogP contribution < -0.4 is 14.4 Å². The molecular weight excluding hydrogens is 412 g/mol. The number of sulfonamides is 1. The third-order valence-corrected chi connectivity index (χ3v) is 6.29. The first-order valence-electron chi connectivity index (χ1n) is 10.7. The van der Waals surface area contributed by atoms with Crippen molar-refractivity contribution in [3.05, 3.63) is 59.2 Å². The van der Waals surface area contributed by atoms with E-state index in [1.807, 2.05) is 70.2 Å². The fourth-order valence-corrected chi connectivity index (χ4v) is 4.87. The smallest absolute Gasteiger partial charge is 0.243 e. The summed E-state index contributed by atoms with van der Waals surface area (Å²) in [6, 6.07) is 12.7. The van der Waals surface area contributed by atoms with Crippen molar-refractivity contribution in [1.29, 1.82) is 0 Å². The Hall–Kier alpha value is -2.54. The van der Waals surface area contributed by atoms with Gasteiger partial charge in [0.2, 0.25) is 15.9 Å². The Morgan fingerprint density at radius 2 is 1.84 bits per heavy atom. The Bertz CT molecular complexity index is 989. The fraction of sp³-hybridized carbons (Fsp3) is 0.458. The van der Waals surface area contributed by atoms with E-state index in [0.717, 1.165) is 41.5 Å². The highest BCUT2D eigenvalue weighted by atomic mass is 32.2. The Morgan fingerprint density at radius 3 is 2.48 bits per heavy atom. The van der Waals surface area contributed by atoms with E-state index in [-0.39, 0.29) is 5.91 Å². The first-order valence-corrected chi connectivity index (χ1v) is 12.6. The summed E-state index contributed by atoms with van der Waals surface area (Å²) >= 11 is 0. The summed E-state index contributed by atoms with van der Waals surface area (Å²) in [4.78, 5) is 13.0. The zero-order valence-electron chi connectivity index (χ0n) is 19.1. The molecule has 0 unspecified atom stereocenters. The van der Waals surface area contributed by atoms with Crippen LogP contribution in [0.1, 0.15) is 43.4 Å². The van der Waals surface area contributed by atoms with Crippen LogP contribution in [0.2, 0.25) is 0 Å². The van der Waals surface area contributed by atoms with Crippen LogP contribution in [0.25, 0.3) is 0 Å². The highest BCUT2D eigenvalue weighted by Gasteiger charge is 2.32. The van der Waals surface area contributed by atoms with Gasteiger partial charge in [-0.2, -0.15) is 0 Å². The normalized spacial score (nSPS) is 12.3. The summed E-state index contributed by atoms with van der Waals surface area (Å²) in [6.45, 7) is 8.60. The number of nitrogens with zero attached hydrogens (tertiary/aromatic N) is 1. The Balaban J connectivity index is 2.10. The molecule has 0 radical (unpaired) electrons. The lowest BCUT2D eigenvalue weighted by atomic mass is 10.1. The molecule has 1 atom stereocenters. The van der Waals surface area contributed by atoms with E-state index in [2.05, 4.69) is 5.32 Å². The highest BCUT2D eigenvalue weighted by molar-refractivity contribution is 7.92. The lowest BCUT2D eigenvalue weighted by molar-refractivity contribution is -0.122. The van der Waals surface area contributed by atoms with Crippen molar-refractivity contribution in [3.8, 4) is 5.75 Å². The maximum Gasteiger partial charge on any atom is 0.243 e. The number of para-hydroxylation sites is 1. The van der Waals surface area contributed by atoms with Crippen molar-refractivity contribution in [1.82, 2.24) is 5.32 Å². The first-order chi connectivity index (χ1) is 14.7. The van der Waals surface area contributed by atoms with Crippen LogP contribution >= 0.6 is 0 Å². The van der Waals surface area contributed by atoms with E-state index in [1.165, 1.54) is 4.31 Å². The second-order valence-electron chi connectivity index (χ2n) is 7.71. The third kappa shape index (κ3) is 6.72. The van der Waals surface area contributed by atoms with Gasteiger partial charge in [-0.15, -0.1) is 0 Å². The number of rotatable bonds is 11. The van der Waals surface area contributed by atoms with Gasteiger partial charge in [0.25, 0.3) is 0 Å². The van der Waals surface area contributed by atoms with Crippen LogP contribution in [0.5, 0.6) is 5.75 Å². The molecular formula is C24H34N2O4S. The predicted octanol–water partition coefficient (Wildman–Crippen LogP) is 4.00. The number of ether oxygens (including phenoxy) is 1. The molecule has 2 aromatic rings. The molecule has 0 heterocycles. The lowest BCUT2D eigenvalue weighted by Crippen LogP contribution is -2.49. The average molecular weight is 447 g/mol. The molecule has 0 aromatic heterocycles. The van der Waals surface area contributed by atoms with Gasteiger partial charge in [-0.1, -0.05) is 37.3 Å². The van der Waals surface area contributed by atoms with Gasteiger partial charge in [0, 0.05) is 6.54 Å². The van der Waals surface area contributed by atoms with Gasteiger partial charge in [-0.05, 0) is 68.9 Å². The summed E-state index contributed by atoms with van der Waals surface area (Å²) in [5, 5.41) is 2.93. The Morgan fingerprint density at radius 1 is 1.13 bits per heavy atom. The van der Waals surface area contributed by atoms with E-state index in [0.29, 0.717) is 25.3 Å². The topological polar surface area (TPSA) is 75.7 Å². The van der Waals surface area contributed by atoms with Crippen LogP contribution in [0, 0.1) is 13.8 Å². The molecule has 1 N–H and O–H groups in total. The van der Waals surface area contributed by atoms with Crippen molar-refractivity contribution in [2.75, 3.05) is 23.7 Å². The Kier molecular flexibility index (Phi) is 8.92. The van der Waals surface area contributed by atoms with Gasteiger partial charge in [0.15, 0.2) is 0 Å². The number of anilines is 1. The molecule has 6 nitrogen and oxygen atoms in total. The Labute approximate surface area is 186 Å². The largest absolute Gasteiger partial charge is 0.494 e. The zero-order chi connectivity index (χ0) is 23.0. The molecule has 31 heavy (non-hydrogen) atoms.